The highest BCUT2D eigenvalue weighted by molar-refractivity contribution is 7.14. The summed E-state index contributed by atoms with van der Waals surface area (Å²) in [5, 5.41) is 10.4. The summed E-state index contributed by atoms with van der Waals surface area (Å²) in [6.45, 7) is 4.35. The van der Waals surface area contributed by atoms with E-state index >= 15 is 0 Å². The van der Waals surface area contributed by atoms with E-state index in [4.69, 9.17) is 4.99 Å². The molecule has 3 nitrogen and oxygen atoms in total. The Hall–Kier alpha value is -5.32. The molecule has 8 rings (SSSR count). The summed E-state index contributed by atoms with van der Waals surface area (Å²) in [5.41, 5.74) is 7.68. The van der Waals surface area contributed by atoms with Crippen molar-refractivity contribution in [3.8, 4) is 11.1 Å². The van der Waals surface area contributed by atoms with Crippen LogP contribution in [0.1, 0.15) is 11.1 Å². The lowest BCUT2D eigenvalue weighted by molar-refractivity contribution is 0.793. The van der Waals surface area contributed by atoms with Crippen LogP contribution in [0.3, 0.4) is 0 Å². The van der Waals surface area contributed by atoms with Gasteiger partial charge < -0.3 is 4.57 Å². The first-order valence-electron chi connectivity index (χ1n) is 14.4. The van der Waals surface area contributed by atoms with Crippen molar-refractivity contribution in [3.63, 3.8) is 0 Å². The van der Waals surface area contributed by atoms with E-state index in [1.54, 1.807) is 11.3 Å². The van der Waals surface area contributed by atoms with Crippen molar-refractivity contribution in [1.29, 1.82) is 0 Å². The molecule has 0 atom stereocenters. The minimum Gasteiger partial charge on any atom is -0.320 e. The highest BCUT2D eigenvalue weighted by atomic mass is 32.1. The number of para-hydroxylation sites is 1. The Labute approximate surface area is 253 Å². The first-order valence-corrected chi connectivity index (χ1v) is 15.2. The molecule has 0 aliphatic heterocycles. The third kappa shape index (κ3) is 4.18. The lowest BCUT2D eigenvalue weighted by Crippen LogP contribution is -2.08. The minimum atomic E-state index is 0.466. The van der Waals surface area contributed by atoms with Gasteiger partial charge in [0.1, 0.15) is 11.7 Å². The van der Waals surface area contributed by atoms with Crippen LogP contribution in [0.5, 0.6) is 0 Å². The number of fused-ring (bicyclic) bond motifs is 6. The van der Waals surface area contributed by atoms with E-state index in [2.05, 4.69) is 155 Å². The molecule has 0 N–H and O–H groups in total. The largest absolute Gasteiger partial charge is 0.320 e. The fourth-order valence-electron chi connectivity index (χ4n) is 6.42. The van der Waals surface area contributed by atoms with Crippen molar-refractivity contribution in [2.75, 3.05) is 0 Å². The van der Waals surface area contributed by atoms with E-state index in [0.29, 0.717) is 6.67 Å². The number of rotatable bonds is 6. The fraction of sp³-hybridized carbons (Fsp3) is 0.0256. The molecule has 0 bridgehead atoms. The molecule has 0 saturated heterocycles. The van der Waals surface area contributed by atoms with Crippen LogP contribution in [0.2, 0.25) is 0 Å². The zero-order chi connectivity index (χ0) is 28.8. The van der Waals surface area contributed by atoms with Gasteiger partial charge in [0.25, 0.3) is 0 Å². The van der Waals surface area contributed by atoms with Crippen LogP contribution < -0.4 is 0 Å². The molecule has 43 heavy (non-hydrogen) atoms. The molecule has 0 unspecified atom stereocenters. The molecule has 2 aromatic heterocycles. The number of hydrogen-bond acceptors (Lipinski definition) is 3. The molecule has 0 fully saturated rings. The van der Waals surface area contributed by atoms with E-state index < -0.39 is 0 Å². The van der Waals surface area contributed by atoms with Gasteiger partial charge in [-0.1, -0.05) is 115 Å². The second kappa shape index (κ2) is 10.5. The molecule has 4 heteroatoms. The Morgan fingerprint density at radius 1 is 0.581 bits per heavy atom. The second-order valence-corrected chi connectivity index (χ2v) is 11.5. The zero-order valence-electron chi connectivity index (χ0n) is 23.4. The summed E-state index contributed by atoms with van der Waals surface area (Å²) in [6, 6.07) is 47.5. The SMILES string of the molecule is C=Nc1sccc1/C(=N\Cn1c2ccccc2c2c3ccccc3ccc21)c1ccccc1-c1cccc2ccccc12. The number of nitrogens with zero attached hydrogens (tertiary/aromatic N) is 3. The smallest absolute Gasteiger partial charge is 0.124 e. The van der Waals surface area contributed by atoms with E-state index in [9.17, 15) is 0 Å². The Morgan fingerprint density at radius 3 is 2.12 bits per heavy atom. The average molecular weight is 570 g/mol. The van der Waals surface area contributed by atoms with E-state index in [0.717, 1.165) is 27.4 Å². The van der Waals surface area contributed by atoms with Crippen LogP contribution in [0.4, 0.5) is 5.00 Å². The molecule has 204 valence electrons. The Morgan fingerprint density at radius 2 is 1.26 bits per heavy atom. The Balaban J connectivity index is 1.37. The van der Waals surface area contributed by atoms with Crippen molar-refractivity contribution >= 4 is 72.1 Å². The maximum Gasteiger partial charge on any atom is 0.124 e. The predicted octanol–water partition coefficient (Wildman–Crippen LogP) is 10.7. The molecule has 0 spiro atoms. The van der Waals surface area contributed by atoms with Gasteiger partial charge in [-0.3, -0.25) is 9.98 Å². The van der Waals surface area contributed by atoms with Gasteiger partial charge in [0, 0.05) is 21.9 Å². The van der Waals surface area contributed by atoms with Gasteiger partial charge in [0.05, 0.1) is 16.7 Å². The summed E-state index contributed by atoms with van der Waals surface area (Å²) in [6.07, 6.45) is 0. The summed E-state index contributed by atoms with van der Waals surface area (Å²) in [5.74, 6) is 0. The van der Waals surface area contributed by atoms with Crippen molar-refractivity contribution in [2.24, 2.45) is 9.98 Å². The summed E-state index contributed by atoms with van der Waals surface area (Å²) < 4.78 is 2.34. The molecule has 0 amide bonds. The van der Waals surface area contributed by atoms with Crippen molar-refractivity contribution in [1.82, 2.24) is 4.57 Å². The highest BCUT2D eigenvalue weighted by Crippen LogP contribution is 2.37. The van der Waals surface area contributed by atoms with Crippen molar-refractivity contribution in [3.05, 3.63) is 150 Å². The van der Waals surface area contributed by atoms with Crippen LogP contribution >= 0.6 is 11.3 Å². The first-order chi connectivity index (χ1) is 21.3. The third-order valence-electron chi connectivity index (χ3n) is 8.34. The maximum absolute atomic E-state index is 5.43. The number of thiophene rings is 1. The van der Waals surface area contributed by atoms with Crippen LogP contribution in [0.25, 0.3) is 54.5 Å². The van der Waals surface area contributed by atoms with Crippen molar-refractivity contribution in [2.45, 2.75) is 6.67 Å². The average Bonchev–Trinajstić information content (AvgIpc) is 3.68. The second-order valence-electron chi connectivity index (χ2n) is 10.6. The highest BCUT2D eigenvalue weighted by Gasteiger charge is 2.19. The van der Waals surface area contributed by atoms with Gasteiger partial charge in [-0.15, -0.1) is 11.3 Å². The van der Waals surface area contributed by atoms with Gasteiger partial charge >= 0.3 is 0 Å². The van der Waals surface area contributed by atoms with Crippen molar-refractivity contribution < 1.29 is 0 Å². The molecule has 6 aromatic carbocycles. The lowest BCUT2D eigenvalue weighted by atomic mass is 9.91. The fourth-order valence-corrected chi connectivity index (χ4v) is 7.12. The molecular formula is C39H27N3S. The number of aliphatic imine (C=N–C) groups is 2. The summed E-state index contributed by atoms with van der Waals surface area (Å²) >= 11 is 1.59. The summed E-state index contributed by atoms with van der Waals surface area (Å²) in [4.78, 5) is 9.82. The third-order valence-corrected chi connectivity index (χ3v) is 9.18. The Kier molecular flexibility index (Phi) is 6.20. The molecular weight excluding hydrogens is 543 g/mol. The van der Waals surface area contributed by atoms with E-state index in [-0.39, 0.29) is 0 Å². The van der Waals surface area contributed by atoms with E-state index in [1.165, 1.54) is 48.9 Å². The van der Waals surface area contributed by atoms with Crippen LogP contribution in [0, 0.1) is 0 Å². The van der Waals surface area contributed by atoms with Crippen LogP contribution in [-0.2, 0) is 6.67 Å². The molecule has 0 aliphatic rings. The van der Waals surface area contributed by atoms with E-state index in [1.807, 2.05) is 0 Å². The minimum absolute atomic E-state index is 0.466. The molecule has 0 radical (unpaired) electrons. The monoisotopic (exact) mass is 569 g/mol. The van der Waals surface area contributed by atoms with Gasteiger partial charge in [0.2, 0.25) is 0 Å². The molecule has 0 aliphatic carbocycles. The number of aromatic nitrogens is 1. The number of benzene rings is 6. The van der Waals surface area contributed by atoms with Gasteiger partial charge in [-0.25, -0.2) is 0 Å². The molecule has 0 saturated carbocycles. The molecule has 2 heterocycles. The zero-order valence-corrected chi connectivity index (χ0v) is 24.3. The Bertz CT molecular complexity index is 2350. The number of hydrogen-bond donors (Lipinski definition) is 0. The van der Waals surface area contributed by atoms with Gasteiger partial charge in [-0.05, 0) is 63.0 Å². The first kappa shape index (κ1) is 25.4. The maximum atomic E-state index is 5.43. The van der Waals surface area contributed by atoms with Gasteiger partial charge in [0.15, 0.2) is 0 Å². The normalized spacial score (nSPS) is 12.0. The van der Waals surface area contributed by atoms with Gasteiger partial charge in [-0.2, -0.15) is 0 Å². The quantitative estimate of drug-likeness (QED) is 0.178. The summed E-state index contributed by atoms with van der Waals surface area (Å²) in [7, 11) is 0. The lowest BCUT2D eigenvalue weighted by Gasteiger charge is -2.15. The van der Waals surface area contributed by atoms with Crippen LogP contribution in [0.15, 0.2) is 149 Å². The van der Waals surface area contributed by atoms with Crippen LogP contribution in [-0.4, -0.2) is 17.0 Å². The topological polar surface area (TPSA) is 29.6 Å². The predicted molar refractivity (Wildman–Crippen MR) is 186 cm³/mol. The standard InChI is InChI=1S/C39H27N3S/c1-40-39-34(23-24-43-39)38(32-17-7-6-16-31(32)30-19-10-13-26-11-2-4-14-28(26)30)41-25-42-35-20-9-8-18-33(35)37-29-15-5-3-12-27(29)21-22-36(37)42/h2-24H,1,25H2/b41-38-. The molecule has 8 aromatic rings.